The van der Waals surface area contributed by atoms with E-state index >= 15 is 0 Å². The van der Waals surface area contributed by atoms with Gasteiger partial charge in [-0.15, -0.1) is 0 Å². The number of aliphatic hydroxyl groups excluding tert-OH is 5. The molecule has 0 aliphatic heterocycles. The van der Waals surface area contributed by atoms with E-state index < -0.39 is 40.9 Å². The molecule has 0 heterocycles. The van der Waals surface area contributed by atoms with Crippen molar-refractivity contribution >= 4 is 16.1 Å². The molecule has 0 amide bonds. The fourth-order valence-corrected chi connectivity index (χ4v) is 0.822. The Balaban J connectivity index is 0. The molecule has 19 heavy (non-hydrogen) atoms. The molecule has 0 aromatic heterocycles. The van der Waals surface area contributed by atoms with Crippen molar-refractivity contribution in [1.82, 2.24) is 0 Å². The first-order valence-electron chi connectivity index (χ1n) is 4.95. The van der Waals surface area contributed by atoms with Gasteiger partial charge in [0.1, 0.15) is 24.4 Å². The predicted molar refractivity (Wildman–Crippen MR) is 66.5 cm³/mol. The maximum Gasteiger partial charge on any atom is 0.191 e. The van der Waals surface area contributed by atoms with Gasteiger partial charge in [-0.05, 0) is 0 Å². The van der Waals surface area contributed by atoms with Crippen LogP contribution in [0.25, 0.3) is 0 Å². The minimum atomic E-state index is -3.13. The average molecular weight is 298 g/mol. The van der Waals surface area contributed by atoms with E-state index in [9.17, 15) is 13.2 Å². The normalized spacial score (nSPS) is 17.1. The lowest BCUT2D eigenvalue weighted by Crippen LogP contribution is -2.46. The second-order valence-corrected chi connectivity index (χ2v) is 5.12. The molecular weight excluding hydrogens is 280 g/mol. The molecule has 8 nitrogen and oxygen atoms in total. The lowest BCUT2D eigenvalue weighted by molar-refractivity contribution is -0.136. The van der Waals surface area contributed by atoms with Crippen LogP contribution in [0.1, 0.15) is 0 Å². The van der Waals surface area contributed by atoms with E-state index in [-0.39, 0.29) is 6.29 Å². The Bertz CT molecular complexity index is 363. The highest BCUT2D eigenvalue weighted by atomic mass is 32.2. The molecule has 0 saturated carbocycles. The predicted octanol–water partition coefficient (Wildman–Crippen LogP) is -2.69. The standard InChI is InChI=1S/C6H12O6.C4H6O2S/c7-1-3(9)5(11)6(12)4(10)2-8;1-3-7(5,6)4-2/h1,3-6,8-12H,2H2;3-4H,1-2H2/t3-,4+,5+,6-;/m0./s1. The molecule has 0 aromatic rings. The van der Waals surface area contributed by atoms with Crippen molar-refractivity contribution in [3.05, 3.63) is 24.0 Å². The molecule has 0 bridgehead atoms. The number of carbonyl (C=O) groups excluding carboxylic acids is 1. The van der Waals surface area contributed by atoms with Crippen molar-refractivity contribution < 1.29 is 38.7 Å². The van der Waals surface area contributed by atoms with Gasteiger partial charge in [0.15, 0.2) is 16.1 Å². The molecule has 0 spiro atoms. The first-order valence-corrected chi connectivity index (χ1v) is 6.56. The Morgan fingerprint density at radius 1 is 1.00 bits per heavy atom. The summed E-state index contributed by atoms with van der Waals surface area (Å²) >= 11 is 0. The first kappa shape index (κ1) is 20.2. The highest BCUT2D eigenvalue weighted by Crippen LogP contribution is 2.02. The van der Waals surface area contributed by atoms with E-state index in [1.807, 2.05) is 0 Å². The minimum Gasteiger partial charge on any atom is -0.394 e. The van der Waals surface area contributed by atoms with Crippen LogP contribution < -0.4 is 0 Å². The maximum absolute atomic E-state index is 10.1. The van der Waals surface area contributed by atoms with Crippen LogP contribution in [0, 0.1) is 0 Å². The van der Waals surface area contributed by atoms with Gasteiger partial charge in [-0.25, -0.2) is 8.42 Å². The third-order valence-corrected chi connectivity index (χ3v) is 2.81. The van der Waals surface area contributed by atoms with Gasteiger partial charge in [0.05, 0.1) is 6.61 Å². The quantitative estimate of drug-likeness (QED) is 0.318. The maximum atomic E-state index is 10.1. The fourth-order valence-electron chi connectivity index (χ4n) is 0.686. The van der Waals surface area contributed by atoms with E-state index in [0.717, 1.165) is 10.8 Å². The van der Waals surface area contributed by atoms with Gasteiger partial charge in [-0.2, -0.15) is 0 Å². The molecule has 112 valence electrons. The number of rotatable bonds is 7. The van der Waals surface area contributed by atoms with Crippen LogP contribution >= 0.6 is 0 Å². The average Bonchev–Trinajstić information content (AvgIpc) is 2.44. The fraction of sp³-hybridized carbons (Fsp3) is 0.500. The van der Waals surface area contributed by atoms with Crippen molar-refractivity contribution in [1.29, 1.82) is 0 Å². The Morgan fingerprint density at radius 3 is 1.63 bits per heavy atom. The van der Waals surface area contributed by atoms with Gasteiger partial charge >= 0.3 is 0 Å². The monoisotopic (exact) mass is 298 g/mol. The second kappa shape index (κ2) is 9.78. The zero-order chi connectivity index (χ0) is 15.6. The number of aldehydes is 1. The molecule has 5 N–H and O–H groups in total. The van der Waals surface area contributed by atoms with E-state index in [4.69, 9.17) is 25.5 Å². The van der Waals surface area contributed by atoms with Crippen LogP contribution in [0.5, 0.6) is 0 Å². The smallest absolute Gasteiger partial charge is 0.191 e. The van der Waals surface area contributed by atoms with E-state index in [1.165, 1.54) is 0 Å². The van der Waals surface area contributed by atoms with Gasteiger partial charge in [0.25, 0.3) is 0 Å². The molecule has 9 heteroatoms. The molecule has 0 radical (unpaired) electrons. The van der Waals surface area contributed by atoms with E-state index in [2.05, 4.69) is 13.2 Å². The third kappa shape index (κ3) is 8.59. The van der Waals surface area contributed by atoms with Crippen molar-refractivity contribution in [2.45, 2.75) is 24.4 Å². The highest BCUT2D eigenvalue weighted by molar-refractivity contribution is 7.97. The van der Waals surface area contributed by atoms with Crippen molar-refractivity contribution in [3.63, 3.8) is 0 Å². The number of aliphatic hydroxyl groups is 5. The molecule has 0 saturated heterocycles. The van der Waals surface area contributed by atoms with Crippen molar-refractivity contribution in [2.24, 2.45) is 0 Å². The Kier molecular flexibility index (Phi) is 10.4. The van der Waals surface area contributed by atoms with Crippen LogP contribution in [-0.2, 0) is 14.6 Å². The second-order valence-electron chi connectivity index (χ2n) is 3.28. The van der Waals surface area contributed by atoms with Gasteiger partial charge in [-0.1, -0.05) is 13.2 Å². The van der Waals surface area contributed by atoms with Crippen LogP contribution in [0.15, 0.2) is 24.0 Å². The van der Waals surface area contributed by atoms with Gasteiger partial charge in [0.2, 0.25) is 0 Å². The zero-order valence-electron chi connectivity index (χ0n) is 10.0. The van der Waals surface area contributed by atoms with Crippen LogP contribution in [0.2, 0.25) is 0 Å². The summed E-state index contributed by atoms with van der Waals surface area (Å²) in [7, 11) is -3.13. The summed E-state index contributed by atoms with van der Waals surface area (Å²) in [5.41, 5.74) is 0. The van der Waals surface area contributed by atoms with Gasteiger partial charge in [-0.3, -0.25) is 0 Å². The molecule has 0 aliphatic carbocycles. The summed E-state index contributed by atoms with van der Waals surface area (Å²) in [5.74, 6) is 0. The lowest BCUT2D eigenvalue weighted by Gasteiger charge is -2.22. The van der Waals surface area contributed by atoms with E-state index in [0.29, 0.717) is 0 Å². The van der Waals surface area contributed by atoms with Crippen LogP contribution in [0.3, 0.4) is 0 Å². The number of hydrogen-bond donors (Lipinski definition) is 5. The third-order valence-electron chi connectivity index (χ3n) is 1.89. The molecule has 4 atom stereocenters. The lowest BCUT2D eigenvalue weighted by atomic mass is 10.0. The summed E-state index contributed by atoms with van der Waals surface area (Å²) in [5, 5.41) is 45.2. The molecule has 0 unspecified atom stereocenters. The largest absolute Gasteiger partial charge is 0.394 e. The Labute approximate surface area is 110 Å². The Morgan fingerprint density at radius 2 is 1.42 bits per heavy atom. The summed E-state index contributed by atoms with van der Waals surface area (Å²) in [4.78, 5) is 9.90. The molecule has 0 rings (SSSR count). The zero-order valence-corrected chi connectivity index (χ0v) is 10.8. The van der Waals surface area contributed by atoms with Gasteiger partial charge in [0, 0.05) is 10.8 Å². The van der Waals surface area contributed by atoms with Crippen LogP contribution in [-0.4, -0.2) is 71.3 Å². The topological polar surface area (TPSA) is 152 Å². The highest BCUT2D eigenvalue weighted by Gasteiger charge is 2.29. The molecule has 0 fully saturated rings. The minimum absolute atomic E-state index is 0.0258. The van der Waals surface area contributed by atoms with Crippen molar-refractivity contribution in [2.75, 3.05) is 6.61 Å². The SMILES string of the molecule is C=CS(=O)(=O)C=C.O=C[C@H](O)[C@@H](O)[C@@H](O)[C@H](O)CO. The summed E-state index contributed by atoms with van der Waals surface area (Å²) in [6.45, 7) is 5.33. The Hall–Kier alpha value is -1.10. The number of hydrogen-bond acceptors (Lipinski definition) is 8. The van der Waals surface area contributed by atoms with Crippen molar-refractivity contribution in [3.8, 4) is 0 Å². The molecular formula is C10H18O8S. The number of sulfone groups is 1. The summed E-state index contributed by atoms with van der Waals surface area (Å²) < 4.78 is 20.3. The van der Waals surface area contributed by atoms with Gasteiger partial charge < -0.3 is 30.3 Å². The first-order chi connectivity index (χ1) is 8.66. The van der Waals surface area contributed by atoms with E-state index in [1.54, 1.807) is 0 Å². The summed E-state index contributed by atoms with van der Waals surface area (Å²) in [6, 6.07) is 0. The molecule has 0 aliphatic rings. The summed E-state index contributed by atoms with van der Waals surface area (Å²) in [6.07, 6.45) is -6.84. The number of carbonyl (C=O) groups is 1. The molecule has 0 aromatic carbocycles. The van der Waals surface area contributed by atoms with Crippen LogP contribution in [0.4, 0.5) is 0 Å².